The van der Waals surface area contributed by atoms with Crippen LogP contribution in [0.3, 0.4) is 0 Å². The van der Waals surface area contributed by atoms with Gasteiger partial charge in [0.15, 0.2) is 0 Å². The Morgan fingerprint density at radius 3 is 2.64 bits per heavy atom. The zero-order valence-corrected chi connectivity index (χ0v) is 14.9. The molecule has 0 bridgehead atoms. The molecule has 1 saturated heterocycles. The number of nitrogens with zero attached hydrogens (tertiary/aromatic N) is 1. The van der Waals surface area contributed by atoms with E-state index in [9.17, 15) is 4.79 Å². The van der Waals surface area contributed by atoms with Gasteiger partial charge in [-0.3, -0.25) is 4.79 Å². The number of carbonyl (C=O) groups excluding carboxylic acids is 1. The van der Waals surface area contributed by atoms with Crippen LogP contribution in [0.5, 0.6) is 5.75 Å². The molecule has 0 atom stereocenters. The van der Waals surface area contributed by atoms with Crippen molar-refractivity contribution >= 4 is 17.3 Å². The van der Waals surface area contributed by atoms with Gasteiger partial charge in [0.25, 0.3) is 5.91 Å². The Morgan fingerprint density at radius 2 is 1.96 bits per heavy atom. The van der Waals surface area contributed by atoms with Crippen LogP contribution in [0.2, 0.25) is 0 Å². The average Bonchev–Trinajstić information content (AvgIpc) is 2.62. The molecule has 0 spiro atoms. The lowest BCUT2D eigenvalue weighted by molar-refractivity contribution is 0.0644. The number of methoxy groups -OCH3 is 1. The van der Waals surface area contributed by atoms with E-state index in [1.54, 1.807) is 25.3 Å². The van der Waals surface area contributed by atoms with Gasteiger partial charge in [-0.25, -0.2) is 0 Å². The molecule has 3 rings (SSSR count). The first kappa shape index (κ1) is 17.3. The highest BCUT2D eigenvalue weighted by Gasteiger charge is 2.30. The van der Waals surface area contributed by atoms with Gasteiger partial charge in [0.2, 0.25) is 0 Å². The predicted octanol–water partition coefficient (Wildman–Crippen LogP) is 3.56. The van der Waals surface area contributed by atoms with Crippen molar-refractivity contribution in [1.82, 2.24) is 0 Å². The van der Waals surface area contributed by atoms with Crippen molar-refractivity contribution in [2.75, 3.05) is 37.1 Å². The largest absolute Gasteiger partial charge is 0.497 e. The van der Waals surface area contributed by atoms with E-state index in [-0.39, 0.29) is 11.4 Å². The van der Waals surface area contributed by atoms with Crippen LogP contribution in [-0.2, 0) is 4.74 Å². The third-order valence-electron chi connectivity index (χ3n) is 4.41. The fraction of sp³-hybridized carbons (Fsp3) is 0.350. The second kappa shape index (κ2) is 7.15. The summed E-state index contributed by atoms with van der Waals surface area (Å²) in [6.45, 7) is 6.65. The van der Waals surface area contributed by atoms with Crippen LogP contribution in [0.25, 0.3) is 0 Å². The van der Waals surface area contributed by atoms with Crippen LogP contribution in [0.15, 0.2) is 48.5 Å². The fourth-order valence-corrected chi connectivity index (χ4v) is 3.03. The first-order valence-corrected chi connectivity index (χ1v) is 8.40. The maximum Gasteiger partial charge on any atom is 0.255 e. The Morgan fingerprint density at radius 1 is 1.20 bits per heavy atom. The first-order chi connectivity index (χ1) is 12.0. The van der Waals surface area contributed by atoms with Gasteiger partial charge in [-0.05, 0) is 56.3 Å². The van der Waals surface area contributed by atoms with Crippen molar-refractivity contribution in [3.8, 4) is 5.75 Å². The van der Waals surface area contributed by atoms with Crippen molar-refractivity contribution in [3.63, 3.8) is 0 Å². The minimum atomic E-state index is -0.154. The molecule has 25 heavy (non-hydrogen) atoms. The average molecular weight is 340 g/mol. The van der Waals surface area contributed by atoms with Crippen LogP contribution in [-0.4, -0.2) is 38.3 Å². The number of morpholine rings is 1. The van der Waals surface area contributed by atoms with Gasteiger partial charge in [-0.15, -0.1) is 0 Å². The van der Waals surface area contributed by atoms with Gasteiger partial charge in [-0.1, -0.05) is 6.07 Å². The van der Waals surface area contributed by atoms with Crippen LogP contribution in [0.4, 0.5) is 11.4 Å². The number of anilines is 2. The molecule has 0 unspecified atom stereocenters. The van der Waals surface area contributed by atoms with Crippen molar-refractivity contribution in [2.45, 2.75) is 19.4 Å². The summed E-state index contributed by atoms with van der Waals surface area (Å²) in [6, 6.07) is 15.0. The summed E-state index contributed by atoms with van der Waals surface area (Å²) in [5.41, 5.74) is 2.43. The molecule has 5 nitrogen and oxygen atoms in total. The lowest BCUT2D eigenvalue weighted by Gasteiger charge is -2.43. The number of hydrogen-bond acceptors (Lipinski definition) is 4. The maximum atomic E-state index is 12.4. The molecule has 1 amide bonds. The number of nitrogens with one attached hydrogen (secondary N) is 1. The molecule has 0 saturated carbocycles. The molecule has 1 aliphatic heterocycles. The Bertz CT molecular complexity index is 741. The SMILES string of the molecule is COc1cccc(C(=O)Nc2ccc(N3CCOCC3(C)C)cc2)c1. The molecule has 0 aliphatic carbocycles. The Hall–Kier alpha value is -2.53. The van der Waals surface area contributed by atoms with E-state index < -0.39 is 0 Å². The van der Waals surface area contributed by atoms with Crippen LogP contribution in [0, 0.1) is 0 Å². The number of amides is 1. The highest BCUT2D eigenvalue weighted by atomic mass is 16.5. The van der Waals surface area contributed by atoms with Gasteiger partial charge in [0.05, 0.1) is 25.9 Å². The highest BCUT2D eigenvalue weighted by molar-refractivity contribution is 6.04. The van der Waals surface area contributed by atoms with E-state index >= 15 is 0 Å². The van der Waals surface area contributed by atoms with Gasteiger partial charge in [0, 0.05) is 23.5 Å². The van der Waals surface area contributed by atoms with E-state index in [1.807, 2.05) is 30.3 Å². The summed E-state index contributed by atoms with van der Waals surface area (Å²) in [7, 11) is 1.59. The van der Waals surface area contributed by atoms with E-state index in [4.69, 9.17) is 9.47 Å². The zero-order valence-electron chi connectivity index (χ0n) is 14.9. The summed E-state index contributed by atoms with van der Waals surface area (Å²) in [4.78, 5) is 14.7. The zero-order chi connectivity index (χ0) is 17.9. The maximum absolute atomic E-state index is 12.4. The lowest BCUT2D eigenvalue weighted by Crippen LogP contribution is -2.53. The monoisotopic (exact) mass is 340 g/mol. The topological polar surface area (TPSA) is 50.8 Å². The van der Waals surface area contributed by atoms with Crippen molar-refractivity contribution in [3.05, 3.63) is 54.1 Å². The van der Waals surface area contributed by atoms with Gasteiger partial charge in [0.1, 0.15) is 5.75 Å². The number of rotatable bonds is 4. The molecular formula is C20H24N2O3. The third-order valence-corrected chi connectivity index (χ3v) is 4.41. The first-order valence-electron chi connectivity index (χ1n) is 8.40. The molecule has 2 aromatic carbocycles. The molecule has 0 aromatic heterocycles. The summed E-state index contributed by atoms with van der Waals surface area (Å²) in [5.74, 6) is 0.510. The van der Waals surface area contributed by atoms with Crippen molar-refractivity contribution < 1.29 is 14.3 Å². The predicted molar refractivity (Wildman–Crippen MR) is 99.6 cm³/mol. The molecule has 5 heteroatoms. The van der Waals surface area contributed by atoms with Gasteiger partial charge < -0.3 is 19.7 Å². The second-order valence-electron chi connectivity index (χ2n) is 6.75. The van der Waals surface area contributed by atoms with Crippen LogP contribution in [0.1, 0.15) is 24.2 Å². The van der Waals surface area contributed by atoms with Crippen molar-refractivity contribution in [1.29, 1.82) is 0 Å². The molecule has 1 heterocycles. The molecule has 132 valence electrons. The smallest absolute Gasteiger partial charge is 0.255 e. The minimum Gasteiger partial charge on any atom is -0.497 e. The summed E-state index contributed by atoms with van der Waals surface area (Å²) in [5, 5.41) is 2.92. The molecule has 2 aromatic rings. The Balaban J connectivity index is 1.71. The normalized spacial score (nSPS) is 16.4. The van der Waals surface area contributed by atoms with Gasteiger partial charge >= 0.3 is 0 Å². The summed E-state index contributed by atoms with van der Waals surface area (Å²) < 4.78 is 10.7. The molecule has 1 aliphatic rings. The minimum absolute atomic E-state index is 0.0381. The number of carbonyl (C=O) groups is 1. The van der Waals surface area contributed by atoms with E-state index in [0.29, 0.717) is 17.9 Å². The fourth-order valence-electron chi connectivity index (χ4n) is 3.03. The quantitative estimate of drug-likeness (QED) is 0.924. The highest BCUT2D eigenvalue weighted by Crippen LogP contribution is 2.28. The van der Waals surface area contributed by atoms with Crippen LogP contribution < -0.4 is 15.0 Å². The number of hydrogen-bond donors (Lipinski definition) is 1. The standard InChI is InChI=1S/C20H24N2O3/c1-20(2)14-25-12-11-22(20)17-9-7-16(8-10-17)21-19(23)15-5-4-6-18(13-15)24-3/h4-10,13H,11-12,14H2,1-3H3,(H,21,23). The third kappa shape index (κ3) is 3.94. The van der Waals surface area contributed by atoms with Crippen LogP contribution >= 0.6 is 0 Å². The lowest BCUT2D eigenvalue weighted by atomic mass is 10.0. The van der Waals surface area contributed by atoms with Crippen molar-refractivity contribution in [2.24, 2.45) is 0 Å². The molecule has 1 N–H and O–H groups in total. The second-order valence-corrected chi connectivity index (χ2v) is 6.75. The molecule has 1 fully saturated rings. The molecule has 0 radical (unpaired) electrons. The van der Waals surface area contributed by atoms with Gasteiger partial charge in [-0.2, -0.15) is 0 Å². The number of ether oxygens (including phenoxy) is 2. The number of benzene rings is 2. The summed E-state index contributed by atoms with van der Waals surface area (Å²) in [6.07, 6.45) is 0. The van der Waals surface area contributed by atoms with E-state index in [1.165, 1.54) is 0 Å². The Kier molecular flexibility index (Phi) is 4.95. The van der Waals surface area contributed by atoms with E-state index in [0.717, 1.165) is 24.5 Å². The summed E-state index contributed by atoms with van der Waals surface area (Å²) >= 11 is 0. The molecular weight excluding hydrogens is 316 g/mol. The van der Waals surface area contributed by atoms with E-state index in [2.05, 4.69) is 24.1 Å². The Labute approximate surface area is 148 Å².